The SMILES string of the molecule is CC1(C)OB(c2csc(-c3ccccc3C(F)(F)F)n2)OC1(C)C. The van der Waals surface area contributed by atoms with E-state index in [0.717, 1.165) is 17.4 Å². The van der Waals surface area contributed by atoms with Crippen LogP contribution in [0.4, 0.5) is 13.2 Å². The van der Waals surface area contributed by atoms with Gasteiger partial charge < -0.3 is 9.31 Å². The monoisotopic (exact) mass is 355 g/mol. The van der Waals surface area contributed by atoms with E-state index in [1.54, 1.807) is 11.4 Å². The van der Waals surface area contributed by atoms with Gasteiger partial charge in [0.25, 0.3) is 0 Å². The van der Waals surface area contributed by atoms with Crippen molar-refractivity contribution in [1.82, 2.24) is 4.98 Å². The van der Waals surface area contributed by atoms with E-state index in [-0.39, 0.29) is 5.56 Å². The minimum absolute atomic E-state index is 0.0674. The van der Waals surface area contributed by atoms with Gasteiger partial charge in [-0.25, -0.2) is 4.98 Å². The third kappa shape index (κ3) is 2.98. The van der Waals surface area contributed by atoms with Gasteiger partial charge in [0, 0.05) is 10.9 Å². The Morgan fingerprint density at radius 1 is 1.04 bits per heavy atom. The van der Waals surface area contributed by atoms with Gasteiger partial charge in [0.1, 0.15) is 5.01 Å². The maximum absolute atomic E-state index is 13.2. The Balaban J connectivity index is 1.94. The summed E-state index contributed by atoms with van der Waals surface area (Å²) in [6, 6.07) is 5.43. The zero-order chi connectivity index (χ0) is 17.8. The molecule has 1 saturated heterocycles. The van der Waals surface area contributed by atoms with E-state index in [1.807, 2.05) is 27.7 Å². The molecule has 3 rings (SSSR count). The van der Waals surface area contributed by atoms with Gasteiger partial charge in [-0.15, -0.1) is 11.3 Å². The smallest absolute Gasteiger partial charge is 0.398 e. The molecule has 0 aliphatic carbocycles. The van der Waals surface area contributed by atoms with Crippen molar-refractivity contribution >= 4 is 24.0 Å². The maximum atomic E-state index is 13.2. The molecule has 2 heterocycles. The molecule has 1 fully saturated rings. The van der Waals surface area contributed by atoms with Crippen LogP contribution in [0.15, 0.2) is 29.6 Å². The number of halogens is 3. The summed E-state index contributed by atoms with van der Waals surface area (Å²) < 4.78 is 51.3. The molecular formula is C16H17BF3NO2S. The highest BCUT2D eigenvalue weighted by Crippen LogP contribution is 2.39. The zero-order valence-corrected chi connectivity index (χ0v) is 14.6. The predicted molar refractivity (Wildman–Crippen MR) is 88.3 cm³/mol. The van der Waals surface area contributed by atoms with Crippen LogP contribution in [0.25, 0.3) is 10.6 Å². The fourth-order valence-corrected chi connectivity index (χ4v) is 3.26. The van der Waals surface area contributed by atoms with E-state index >= 15 is 0 Å². The fourth-order valence-electron chi connectivity index (χ4n) is 2.40. The van der Waals surface area contributed by atoms with Crippen molar-refractivity contribution in [2.24, 2.45) is 0 Å². The second-order valence-electron chi connectivity index (χ2n) is 6.71. The molecular weight excluding hydrogens is 338 g/mol. The van der Waals surface area contributed by atoms with Crippen molar-refractivity contribution in [2.45, 2.75) is 45.1 Å². The number of alkyl halides is 3. The van der Waals surface area contributed by atoms with Gasteiger partial charge in [-0.1, -0.05) is 18.2 Å². The number of thiazole rings is 1. The predicted octanol–water partition coefficient (Wildman–Crippen LogP) is 4.13. The fraction of sp³-hybridized carbons (Fsp3) is 0.438. The zero-order valence-electron chi connectivity index (χ0n) is 13.8. The summed E-state index contributed by atoms with van der Waals surface area (Å²) in [4.78, 5) is 4.34. The minimum Gasteiger partial charge on any atom is -0.398 e. The molecule has 2 aromatic rings. The number of hydrogen-bond donors (Lipinski definition) is 0. The number of nitrogens with zero attached hydrogens (tertiary/aromatic N) is 1. The molecule has 1 aliphatic rings. The molecule has 1 aromatic carbocycles. The molecule has 0 spiro atoms. The maximum Gasteiger partial charge on any atom is 0.515 e. The molecule has 0 radical (unpaired) electrons. The normalized spacial score (nSPS) is 19.7. The Morgan fingerprint density at radius 3 is 2.21 bits per heavy atom. The van der Waals surface area contributed by atoms with E-state index in [4.69, 9.17) is 9.31 Å². The van der Waals surface area contributed by atoms with Crippen LogP contribution in [0, 0.1) is 0 Å². The highest BCUT2D eigenvalue weighted by molar-refractivity contribution is 7.14. The standard InChI is InChI=1S/C16H17BF3NO2S/c1-14(2)15(3,4)23-17(22-14)12-9-24-13(21-12)10-7-5-6-8-11(10)16(18,19)20/h5-9H,1-4H3. The van der Waals surface area contributed by atoms with E-state index in [9.17, 15) is 13.2 Å². The average Bonchev–Trinajstić information content (AvgIpc) is 3.01. The minimum atomic E-state index is -4.42. The van der Waals surface area contributed by atoms with E-state index in [2.05, 4.69) is 4.98 Å². The van der Waals surface area contributed by atoms with Crippen molar-refractivity contribution in [3.63, 3.8) is 0 Å². The summed E-state index contributed by atoms with van der Waals surface area (Å²) >= 11 is 1.15. The van der Waals surface area contributed by atoms with Crippen LogP contribution in [0.3, 0.4) is 0 Å². The first-order chi connectivity index (χ1) is 11.0. The lowest BCUT2D eigenvalue weighted by atomic mass is 9.86. The van der Waals surface area contributed by atoms with Gasteiger partial charge in [0.2, 0.25) is 0 Å². The van der Waals surface area contributed by atoms with Gasteiger partial charge in [0.15, 0.2) is 0 Å². The quantitative estimate of drug-likeness (QED) is 0.760. The van der Waals surface area contributed by atoms with Crippen molar-refractivity contribution < 1.29 is 22.5 Å². The van der Waals surface area contributed by atoms with Crippen molar-refractivity contribution in [3.8, 4) is 10.6 Å². The summed E-state index contributed by atoms with van der Waals surface area (Å²) in [6.45, 7) is 7.66. The topological polar surface area (TPSA) is 31.4 Å². The summed E-state index contributed by atoms with van der Waals surface area (Å²) in [5.74, 6) is 0. The lowest BCUT2D eigenvalue weighted by Gasteiger charge is -2.32. The van der Waals surface area contributed by atoms with Crippen LogP contribution in [-0.2, 0) is 15.5 Å². The molecule has 0 bridgehead atoms. The van der Waals surface area contributed by atoms with Crippen LogP contribution in [0.5, 0.6) is 0 Å². The summed E-state index contributed by atoms with van der Waals surface area (Å²) in [7, 11) is -0.682. The molecule has 8 heteroatoms. The molecule has 24 heavy (non-hydrogen) atoms. The first-order valence-electron chi connectivity index (χ1n) is 7.49. The summed E-state index contributed by atoms with van der Waals surface area (Å²) in [5, 5.41) is 1.98. The lowest BCUT2D eigenvalue weighted by molar-refractivity contribution is -0.137. The number of rotatable bonds is 2. The molecule has 0 saturated carbocycles. The summed E-state index contributed by atoms with van der Waals surface area (Å²) in [6.07, 6.45) is -4.42. The average molecular weight is 355 g/mol. The molecule has 0 amide bonds. The second-order valence-corrected chi connectivity index (χ2v) is 7.57. The molecule has 3 nitrogen and oxygen atoms in total. The van der Waals surface area contributed by atoms with Crippen LogP contribution in [0.1, 0.15) is 33.3 Å². The first-order valence-corrected chi connectivity index (χ1v) is 8.37. The largest absolute Gasteiger partial charge is 0.515 e. The Bertz CT molecular complexity index is 742. The first kappa shape index (κ1) is 17.4. The van der Waals surface area contributed by atoms with Gasteiger partial charge in [0.05, 0.1) is 22.4 Å². The van der Waals surface area contributed by atoms with Crippen LogP contribution < -0.4 is 5.59 Å². The molecule has 0 unspecified atom stereocenters. The van der Waals surface area contributed by atoms with Crippen LogP contribution in [-0.4, -0.2) is 23.3 Å². The van der Waals surface area contributed by atoms with E-state index in [1.165, 1.54) is 12.1 Å². The molecule has 128 valence electrons. The van der Waals surface area contributed by atoms with Gasteiger partial charge in [-0.2, -0.15) is 13.2 Å². The highest BCUT2D eigenvalue weighted by atomic mass is 32.1. The van der Waals surface area contributed by atoms with E-state index < -0.39 is 30.1 Å². The van der Waals surface area contributed by atoms with Crippen LogP contribution in [0.2, 0.25) is 0 Å². The van der Waals surface area contributed by atoms with Crippen molar-refractivity contribution in [2.75, 3.05) is 0 Å². The van der Waals surface area contributed by atoms with Crippen molar-refractivity contribution in [1.29, 1.82) is 0 Å². The number of hydrogen-bond acceptors (Lipinski definition) is 4. The molecule has 0 N–H and O–H groups in total. The highest BCUT2D eigenvalue weighted by Gasteiger charge is 2.52. The lowest BCUT2D eigenvalue weighted by Crippen LogP contribution is -2.41. The van der Waals surface area contributed by atoms with Gasteiger partial charge in [-0.3, -0.25) is 0 Å². The Kier molecular flexibility index (Phi) is 4.05. The number of benzene rings is 1. The van der Waals surface area contributed by atoms with Gasteiger partial charge in [-0.05, 0) is 33.8 Å². The van der Waals surface area contributed by atoms with Crippen LogP contribution >= 0.6 is 11.3 Å². The molecule has 1 aliphatic heterocycles. The Morgan fingerprint density at radius 2 is 1.62 bits per heavy atom. The Hall–Kier alpha value is -1.38. The summed E-state index contributed by atoms with van der Waals surface area (Å²) in [5.41, 5.74) is -1.18. The number of aromatic nitrogens is 1. The Labute approximate surface area is 143 Å². The third-order valence-electron chi connectivity index (χ3n) is 4.48. The van der Waals surface area contributed by atoms with Crippen molar-refractivity contribution in [3.05, 3.63) is 35.2 Å². The van der Waals surface area contributed by atoms with E-state index in [0.29, 0.717) is 10.6 Å². The second kappa shape index (κ2) is 5.57. The molecule has 1 aromatic heterocycles. The van der Waals surface area contributed by atoms with Gasteiger partial charge >= 0.3 is 13.3 Å². The third-order valence-corrected chi connectivity index (χ3v) is 5.37. The molecule has 0 atom stereocenters.